The molecule has 1 heterocycles. The van der Waals surface area contributed by atoms with Gasteiger partial charge in [0.15, 0.2) is 5.60 Å². The third-order valence-electron chi connectivity index (χ3n) is 3.21. The third kappa shape index (κ3) is 3.22. The van der Waals surface area contributed by atoms with Crippen molar-refractivity contribution in [3.05, 3.63) is 34.6 Å². The Morgan fingerprint density at radius 3 is 2.95 bits per heavy atom. The summed E-state index contributed by atoms with van der Waals surface area (Å²) in [5.41, 5.74) is -0.586. The summed E-state index contributed by atoms with van der Waals surface area (Å²) in [5.74, 6) is 0.316. The summed E-state index contributed by atoms with van der Waals surface area (Å²) in [6.07, 6.45) is 0.459. The van der Waals surface area contributed by atoms with Crippen LogP contribution in [-0.2, 0) is 4.79 Å². The molecule has 1 amide bonds. The molecule has 0 aromatic heterocycles. The molecule has 2 N–H and O–H groups in total. The van der Waals surface area contributed by atoms with Gasteiger partial charge in [0.05, 0.1) is 11.1 Å². The molecule has 0 spiro atoms. The number of aliphatic hydroxyl groups is 1. The van der Waals surface area contributed by atoms with E-state index in [-0.39, 0.29) is 17.0 Å². The van der Waals surface area contributed by atoms with Gasteiger partial charge in [0.1, 0.15) is 5.82 Å². The minimum absolute atomic E-state index is 0.0220. The maximum atomic E-state index is 13.1. The van der Waals surface area contributed by atoms with Gasteiger partial charge >= 0.3 is 0 Å². The molecule has 2 atom stereocenters. The van der Waals surface area contributed by atoms with Crippen molar-refractivity contribution in [2.75, 3.05) is 11.5 Å². The predicted octanol–water partition coefficient (Wildman–Crippen LogP) is 2.52. The fraction of sp³-hybridized carbons (Fsp3) is 0.462. The van der Waals surface area contributed by atoms with Crippen LogP contribution in [0.25, 0.3) is 0 Å². The van der Waals surface area contributed by atoms with Crippen LogP contribution in [-0.4, -0.2) is 28.1 Å². The summed E-state index contributed by atoms with van der Waals surface area (Å²) < 4.78 is 13.1. The molecule has 0 saturated carbocycles. The molecular formula is C13H15ClFNO2S. The quantitative estimate of drug-likeness (QED) is 0.902. The molecule has 2 rings (SSSR count). The minimum Gasteiger partial charge on any atom is -0.379 e. The number of nitrogens with one attached hydrogen (secondary N) is 1. The van der Waals surface area contributed by atoms with Crippen LogP contribution in [0, 0.1) is 5.82 Å². The summed E-state index contributed by atoms with van der Waals surface area (Å²) in [6.45, 7) is 1.77. The predicted molar refractivity (Wildman–Crippen MR) is 74.9 cm³/mol. The smallest absolute Gasteiger partial charge is 0.253 e. The molecule has 0 aliphatic carbocycles. The van der Waals surface area contributed by atoms with Crippen molar-refractivity contribution in [1.82, 2.24) is 5.32 Å². The number of carbonyl (C=O) groups excluding carboxylic acids is 1. The first-order valence-electron chi connectivity index (χ1n) is 5.98. The second kappa shape index (κ2) is 5.69. The summed E-state index contributed by atoms with van der Waals surface area (Å²) in [4.78, 5) is 12.0. The molecule has 3 nitrogen and oxygen atoms in total. The number of hydrogen-bond donors (Lipinski definition) is 2. The van der Waals surface area contributed by atoms with E-state index < -0.39 is 11.4 Å². The van der Waals surface area contributed by atoms with E-state index in [1.807, 2.05) is 0 Å². The number of hydrogen-bond acceptors (Lipinski definition) is 3. The highest BCUT2D eigenvalue weighted by Gasteiger charge is 2.39. The average molecular weight is 304 g/mol. The van der Waals surface area contributed by atoms with Gasteiger partial charge in [-0.15, -0.1) is 0 Å². The van der Waals surface area contributed by atoms with Crippen LogP contribution in [0.3, 0.4) is 0 Å². The molecule has 1 fully saturated rings. The van der Waals surface area contributed by atoms with E-state index >= 15 is 0 Å². The number of halogens is 2. The summed E-state index contributed by atoms with van der Waals surface area (Å²) in [7, 11) is 0. The Kier molecular flexibility index (Phi) is 4.38. The van der Waals surface area contributed by atoms with Crippen molar-refractivity contribution >= 4 is 29.3 Å². The topological polar surface area (TPSA) is 49.3 Å². The highest BCUT2D eigenvalue weighted by molar-refractivity contribution is 7.99. The van der Waals surface area contributed by atoms with E-state index in [0.717, 1.165) is 5.75 Å². The molecule has 1 aromatic carbocycles. The van der Waals surface area contributed by atoms with Gasteiger partial charge < -0.3 is 10.4 Å². The molecule has 1 aliphatic heterocycles. The fourth-order valence-electron chi connectivity index (χ4n) is 1.93. The molecule has 104 valence electrons. The summed E-state index contributed by atoms with van der Waals surface area (Å²) >= 11 is 7.26. The van der Waals surface area contributed by atoms with Crippen molar-refractivity contribution in [3.63, 3.8) is 0 Å². The zero-order chi connectivity index (χ0) is 14.0. The monoisotopic (exact) mass is 303 g/mol. The highest BCUT2D eigenvalue weighted by Crippen LogP contribution is 2.29. The van der Waals surface area contributed by atoms with Crippen molar-refractivity contribution in [3.8, 4) is 0 Å². The van der Waals surface area contributed by atoms with Crippen LogP contribution < -0.4 is 5.32 Å². The van der Waals surface area contributed by atoms with Gasteiger partial charge in [-0.3, -0.25) is 4.79 Å². The van der Waals surface area contributed by atoms with E-state index in [0.29, 0.717) is 17.7 Å². The van der Waals surface area contributed by atoms with Crippen molar-refractivity contribution in [1.29, 1.82) is 0 Å². The van der Waals surface area contributed by atoms with Crippen LogP contribution in [0.1, 0.15) is 24.9 Å². The van der Waals surface area contributed by atoms with Crippen LogP contribution in [0.4, 0.5) is 4.39 Å². The maximum absolute atomic E-state index is 13.1. The third-order valence-corrected chi connectivity index (χ3v) is 4.68. The van der Waals surface area contributed by atoms with Crippen LogP contribution in [0.2, 0.25) is 5.02 Å². The lowest BCUT2D eigenvalue weighted by Crippen LogP contribution is -2.47. The van der Waals surface area contributed by atoms with E-state index in [1.165, 1.54) is 12.1 Å². The molecule has 1 aromatic rings. The Hall–Kier alpha value is -0.780. The van der Waals surface area contributed by atoms with Crippen LogP contribution >= 0.6 is 23.4 Å². The fourth-order valence-corrected chi connectivity index (χ4v) is 3.36. The number of benzene rings is 1. The minimum atomic E-state index is -1.29. The lowest BCUT2D eigenvalue weighted by atomic mass is 10.0. The second-order valence-electron chi connectivity index (χ2n) is 4.70. The number of amides is 1. The summed E-state index contributed by atoms with van der Waals surface area (Å²) in [6, 6.07) is 3.98. The van der Waals surface area contributed by atoms with Gasteiger partial charge in [-0.25, -0.2) is 4.39 Å². The second-order valence-corrected chi connectivity index (χ2v) is 6.22. The van der Waals surface area contributed by atoms with Gasteiger partial charge in [0.25, 0.3) is 5.91 Å². The molecule has 6 heteroatoms. The SMILES string of the molecule is CC(NC(=O)C1(O)CCSC1)c1ccc(F)c(Cl)c1. The Balaban J connectivity index is 2.06. The van der Waals surface area contributed by atoms with Gasteiger partial charge in [-0.05, 0) is 36.8 Å². The first-order chi connectivity index (χ1) is 8.92. The zero-order valence-electron chi connectivity index (χ0n) is 10.5. The molecule has 1 aliphatic rings. The van der Waals surface area contributed by atoms with E-state index in [9.17, 15) is 14.3 Å². The molecule has 1 saturated heterocycles. The molecule has 2 unspecified atom stereocenters. The Bertz CT molecular complexity index is 492. The largest absolute Gasteiger partial charge is 0.379 e. The lowest BCUT2D eigenvalue weighted by Gasteiger charge is -2.23. The van der Waals surface area contributed by atoms with Gasteiger partial charge in [0, 0.05) is 5.75 Å². The first kappa shape index (κ1) is 14.6. The van der Waals surface area contributed by atoms with Crippen molar-refractivity contribution in [2.45, 2.75) is 25.0 Å². The lowest BCUT2D eigenvalue weighted by molar-refractivity contribution is -0.137. The van der Waals surface area contributed by atoms with Gasteiger partial charge in [-0.2, -0.15) is 11.8 Å². The normalized spacial score (nSPS) is 24.2. The number of rotatable bonds is 3. The molecule has 0 bridgehead atoms. The molecule has 19 heavy (non-hydrogen) atoms. The number of carbonyl (C=O) groups is 1. The maximum Gasteiger partial charge on any atom is 0.253 e. The van der Waals surface area contributed by atoms with E-state index in [2.05, 4.69) is 5.32 Å². The highest BCUT2D eigenvalue weighted by atomic mass is 35.5. The van der Waals surface area contributed by atoms with Gasteiger partial charge in [0.2, 0.25) is 0 Å². The van der Waals surface area contributed by atoms with Crippen LogP contribution in [0.5, 0.6) is 0 Å². The zero-order valence-corrected chi connectivity index (χ0v) is 12.0. The average Bonchev–Trinajstić information content (AvgIpc) is 2.81. The summed E-state index contributed by atoms with van der Waals surface area (Å²) in [5, 5.41) is 12.9. The van der Waals surface area contributed by atoms with Crippen molar-refractivity contribution < 1.29 is 14.3 Å². The Morgan fingerprint density at radius 2 is 2.37 bits per heavy atom. The molecular weight excluding hydrogens is 289 g/mol. The van der Waals surface area contributed by atoms with Gasteiger partial charge in [-0.1, -0.05) is 17.7 Å². The van der Waals surface area contributed by atoms with Crippen LogP contribution in [0.15, 0.2) is 18.2 Å². The Morgan fingerprint density at radius 1 is 1.63 bits per heavy atom. The first-order valence-corrected chi connectivity index (χ1v) is 7.52. The molecule has 0 radical (unpaired) electrons. The number of thioether (sulfide) groups is 1. The van der Waals surface area contributed by atoms with E-state index in [1.54, 1.807) is 24.8 Å². The Labute approximate surface area is 120 Å². The van der Waals surface area contributed by atoms with Crippen molar-refractivity contribution in [2.24, 2.45) is 0 Å². The van der Waals surface area contributed by atoms with E-state index in [4.69, 9.17) is 11.6 Å². The standard InChI is InChI=1S/C13H15ClFNO2S/c1-8(9-2-3-11(15)10(14)6-9)16-12(17)13(18)4-5-19-7-13/h2-3,6,8,18H,4-5,7H2,1H3,(H,16,17).